The van der Waals surface area contributed by atoms with Crippen LogP contribution in [0.1, 0.15) is 63.2 Å². The number of alkyl halides is 3. The van der Waals surface area contributed by atoms with Crippen molar-refractivity contribution in [2.45, 2.75) is 58.7 Å². The van der Waals surface area contributed by atoms with Crippen LogP contribution in [0.25, 0.3) is 0 Å². The molecule has 1 N–H and O–H groups in total. The van der Waals surface area contributed by atoms with E-state index in [4.69, 9.17) is 0 Å². The molecule has 1 aromatic carbocycles. The molecule has 26 heavy (non-hydrogen) atoms. The van der Waals surface area contributed by atoms with Crippen molar-refractivity contribution in [3.05, 3.63) is 47.2 Å². The summed E-state index contributed by atoms with van der Waals surface area (Å²) < 4.78 is 39.7. The van der Waals surface area contributed by atoms with Crippen LogP contribution in [0.4, 0.5) is 19.0 Å². The number of aromatic nitrogens is 2. The van der Waals surface area contributed by atoms with Gasteiger partial charge in [0, 0.05) is 17.0 Å². The summed E-state index contributed by atoms with van der Waals surface area (Å²) in [5, 5.41) is 7.36. The van der Waals surface area contributed by atoms with E-state index >= 15 is 0 Å². The average molecular weight is 367 g/mol. The van der Waals surface area contributed by atoms with Gasteiger partial charge in [-0.05, 0) is 45.0 Å². The van der Waals surface area contributed by atoms with Crippen LogP contribution in [0.2, 0.25) is 0 Å². The summed E-state index contributed by atoms with van der Waals surface area (Å²) in [6.07, 6.45) is -4.43. The maximum Gasteiger partial charge on any atom is 0.416 e. The second kappa shape index (κ2) is 6.45. The van der Waals surface area contributed by atoms with Crippen molar-refractivity contribution < 1.29 is 18.0 Å². The van der Waals surface area contributed by atoms with Crippen LogP contribution in [0.5, 0.6) is 0 Å². The second-order valence-corrected chi connectivity index (χ2v) is 8.28. The highest BCUT2D eigenvalue weighted by atomic mass is 19.4. The molecule has 4 nitrogen and oxygen atoms in total. The third-order valence-corrected chi connectivity index (χ3v) is 3.83. The van der Waals surface area contributed by atoms with Gasteiger partial charge in [0.2, 0.25) is 0 Å². The Hall–Kier alpha value is -2.31. The number of anilines is 1. The zero-order valence-corrected chi connectivity index (χ0v) is 15.8. The summed E-state index contributed by atoms with van der Waals surface area (Å²) in [7, 11) is 0. The molecule has 0 saturated heterocycles. The molecule has 1 aromatic heterocycles. The molecule has 0 aliphatic rings. The first-order chi connectivity index (χ1) is 11.7. The number of carbonyl (C=O) groups is 1. The first-order valence-electron chi connectivity index (χ1n) is 8.29. The summed E-state index contributed by atoms with van der Waals surface area (Å²) in [5.41, 5.74) is -0.396. The quantitative estimate of drug-likeness (QED) is 0.792. The first kappa shape index (κ1) is 20.0. The van der Waals surface area contributed by atoms with Gasteiger partial charge in [0.05, 0.1) is 16.8 Å². The first-order valence-corrected chi connectivity index (χ1v) is 8.29. The van der Waals surface area contributed by atoms with E-state index in [0.717, 1.165) is 17.8 Å². The number of carbonyl (C=O) groups excluding carboxylic acids is 1. The van der Waals surface area contributed by atoms with Crippen molar-refractivity contribution in [2.24, 2.45) is 0 Å². The highest BCUT2D eigenvalue weighted by molar-refractivity contribution is 6.03. The molecule has 0 atom stereocenters. The van der Waals surface area contributed by atoms with Gasteiger partial charge in [0.25, 0.3) is 5.91 Å². The molecule has 1 heterocycles. The predicted octanol–water partition coefficient (Wildman–Crippen LogP) is 5.21. The van der Waals surface area contributed by atoms with Gasteiger partial charge < -0.3 is 5.32 Å². The van der Waals surface area contributed by atoms with E-state index in [2.05, 4.69) is 10.4 Å². The SMILES string of the molecule is CC(C)(C)c1cc(NC(=O)c2ccc(C(F)(F)F)cc2)n(C(C)(C)C)n1. The number of benzene rings is 1. The lowest BCUT2D eigenvalue weighted by Crippen LogP contribution is -2.27. The average Bonchev–Trinajstić information content (AvgIpc) is 2.90. The molecule has 7 heteroatoms. The Morgan fingerprint density at radius 2 is 1.54 bits per heavy atom. The fourth-order valence-electron chi connectivity index (χ4n) is 2.35. The zero-order valence-electron chi connectivity index (χ0n) is 15.8. The molecule has 0 saturated carbocycles. The molecule has 1 amide bonds. The second-order valence-electron chi connectivity index (χ2n) is 8.28. The van der Waals surface area contributed by atoms with E-state index in [1.165, 1.54) is 12.1 Å². The van der Waals surface area contributed by atoms with Crippen molar-refractivity contribution in [1.29, 1.82) is 0 Å². The number of nitrogens with one attached hydrogen (secondary N) is 1. The van der Waals surface area contributed by atoms with Gasteiger partial charge in [0.15, 0.2) is 0 Å². The number of amides is 1. The van der Waals surface area contributed by atoms with Gasteiger partial charge in [-0.1, -0.05) is 20.8 Å². The van der Waals surface area contributed by atoms with E-state index in [1.807, 2.05) is 41.5 Å². The van der Waals surface area contributed by atoms with E-state index < -0.39 is 17.6 Å². The fourth-order valence-corrected chi connectivity index (χ4v) is 2.35. The van der Waals surface area contributed by atoms with Crippen LogP contribution in [-0.4, -0.2) is 15.7 Å². The van der Waals surface area contributed by atoms with Crippen molar-refractivity contribution in [3.63, 3.8) is 0 Å². The lowest BCUT2D eigenvalue weighted by Gasteiger charge is -2.23. The van der Waals surface area contributed by atoms with E-state index in [0.29, 0.717) is 5.82 Å². The maximum atomic E-state index is 12.7. The normalized spacial score (nSPS) is 13.0. The summed E-state index contributed by atoms with van der Waals surface area (Å²) in [6.45, 7) is 11.9. The summed E-state index contributed by atoms with van der Waals surface area (Å²) in [6, 6.07) is 5.93. The molecule has 2 aromatic rings. The van der Waals surface area contributed by atoms with Crippen LogP contribution < -0.4 is 5.32 Å². The van der Waals surface area contributed by atoms with Crippen molar-refractivity contribution in [1.82, 2.24) is 9.78 Å². The van der Waals surface area contributed by atoms with Gasteiger partial charge in [0.1, 0.15) is 5.82 Å². The zero-order chi connectivity index (χ0) is 19.9. The van der Waals surface area contributed by atoms with Gasteiger partial charge in [-0.2, -0.15) is 18.3 Å². The number of hydrogen-bond acceptors (Lipinski definition) is 2. The van der Waals surface area contributed by atoms with E-state index in [-0.39, 0.29) is 16.5 Å². The molecule has 0 aliphatic heterocycles. The lowest BCUT2D eigenvalue weighted by molar-refractivity contribution is -0.137. The fraction of sp³-hybridized carbons (Fsp3) is 0.474. The largest absolute Gasteiger partial charge is 0.416 e. The Morgan fingerprint density at radius 1 is 1.00 bits per heavy atom. The van der Waals surface area contributed by atoms with Crippen molar-refractivity contribution in [2.75, 3.05) is 5.32 Å². The lowest BCUT2D eigenvalue weighted by atomic mass is 9.92. The maximum absolute atomic E-state index is 12.7. The summed E-state index contributed by atoms with van der Waals surface area (Å²) >= 11 is 0. The Kier molecular flexibility index (Phi) is 4.96. The minimum atomic E-state index is -4.43. The van der Waals surface area contributed by atoms with E-state index in [1.54, 1.807) is 10.7 Å². The standard InChI is InChI=1S/C19H24F3N3O/c1-17(2,3)14-11-15(25(24-14)18(4,5)6)23-16(26)12-7-9-13(10-8-12)19(20,21)22/h7-11H,1-6H3,(H,23,26). The molecule has 0 aliphatic carbocycles. The van der Waals surface area contributed by atoms with Crippen LogP contribution in [-0.2, 0) is 17.1 Å². The molecular weight excluding hydrogens is 343 g/mol. The third kappa shape index (κ3) is 4.45. The van der Waals surface area contributed by atoms with E-state index in [9.17, 15) is 18.0 Å². The highest BCUT2D eigenvalue weighted by Crippen LogP contribution is 2.30. The topological polar surface area (TPSA) is 46.9 Å². The molecular formula is C19H24F3N3O. The van der Waals surface area contributed by atoms with Gasteiger partial charge in [-0.3, -0.25) is 4.79 Å². The minimum Gasteiger partial charge on any atom is -0.307 e. The Morgan fingerprint density at radius 3 is 1.96 bits per heavy atom. The number of rotatable bonds is 2. The third-order valence-electron chi connectivity index (χ3n) is 3.83. The van der Waals surface area contributed by atoms with Crippen LogP contribution in [0, 0.1) is 0 Å². The molecule has 0 unspecified atom stereocenters. The molecule has 0 radical (unpaired) electrons. The van der Waals surface area contributed by atoms with Crippen molar-refractivity contribution >= 4 is 11.7 Å². The Labute approximate surface area is 151 Å². The van der Waals surface area contributed by atoms with Gasteiger partial charge in [-0.25, -0.2) is 4.68 Å². The van der Waals surface area contributed by atoms with Crippen LogP contribution >= 0.6 is 0 Å². The molecule has 2 rings (SSSR count). The Balaban J connectivity index is 2.32. The number of hydrogen-bond donors (Lipinski definition) is 1. The Bertz CT molecular complexity index is 791. The van der Waals surface area contributed by atoms with Gasteiger partial charge in [-0.15, -0.1) is 0 Å². The van der Waals surface area contributed by atoms with Crippen molar-refractivity contribution in [3.8, 4) is 0 Å². The summed E-state index contributed by atoms with van der Waals surface area (Å²) in [5.74, 6) is 0.0249. The molecule has 0 fully saturated rings. The number of halogens is 3. The van der Waals surface area contributed by atoms with Crippen LogP contribution in [0.15, 0.2) is 30.3 Å². The van der Waals surface area contributed by atoms with Gasteiger partial charge >= 0.3 is 6.18 Å². The molecule has 0 spiro atoms. The summed E-state index contributed by atoms with van der Waals surface area (Å²) in [4.78, 5) is 12.5. The minimum absolute atomic E-state index is 0.150. The predicted molar refractivity (Wildman–Crippen MR) is 95.3 cm³/mol. The molecule has 142 valence electrons. The smallest absolute Gasteiger partial charge is 0.307 e. The molecule has 0 bridgehead atoms. The van der Waals surface area contributed by atoms with Crippen LogP contribution in [0.3, 0.4) is 0 Å². The highest BCUT2D eigenvalue weighted by Gasteiger charge is 2.30. The number of nitrogens with zero attached hydrogens (tertiary/aromatic N) is 2. The monoisotopic (exact) mass is 367 g/mol.